The highest BCUT2D eigenvalue weighted by atomic mass is 79.9. The molecule has 0 saturated heterocycles. The normalized spacial score (nSPS) is 17.4. The van der Waals surface area contributed by atoms with Crippen molar-refractivity contribution in [1.29, 1.82) is 5.26 Å². The monoisotopic (exact) mass is 318 g/mol. The van der Waals surface area contributed by atoms with Crippen molar-refractivity contribution in [2.24, 2.45) is 5.16 Å². The molecule has 0 unspecified atom stereocenters. The molecule has 19 heavy (non-hydrogen) atoms. The number of benzene rings is 1. The number of nitriles is 1. The van der Waals surface area contributed by atoms with Crippen LogP contribution in [-0.4, -0.2) is 16.7 Å². The molecule has 5 heteroatoms. The number of rotatable bonds is 2. The zero-order chi connectivity index (χ0) is 13.8. The fraction of sp³-hybridized carbons (Fsp3) is 0.214. The van der Waals surface area contributed by atoms with Crippen LogP contribution in [0.1, 0.15) is 35.2 Å². The molecule has 0 atom stereocenters. The summed E-state index contributed by atoms with van der Waals surface area (Å²) in [7, 11) is 0. The smallest absolute Gasteiger partial charge is 0.195 e. The number of Topliss-reactive ketones (excluding diaryl/α,β-unsaturated/α-hetero) is 1. The number of hydrogen-bond donors (Lipinski definition) is 1. The number of nitrogens with zero attached hydrogens (tertiary/aromatic N) is 2. The van der Waals surface area contributed by atoms with Gasteiger partial charge in [-0.3, -0.25) is 4.79 Å². The first-order valence-electron chi connectivity index (χ1n) is 5.82. The van der Waals surface area contributed by atoms with Gasteiger partial charge in [-0.1, -0.05) is 21.1 Å². The predicted octanol–water partition coefficient (Wildman–Crippen LogP) is 3.40. The maximum atomic E-state index is 12.4. The molecule has 0 spiro atoms. The summed E-state index contributed by atoms with van der Waals surface area (Å²) in [6.45, 7) is 0. The maximum Gasteiger partial charge on any atom is 0.195 e. The highest BCUT2D eigenvalue weighted by Crippen LogP contribution is 2.29. The molecule has 1 aromatic rings. The van der Waals surface area contributed by atoms with Gasteiger partial charge in [-0.25, -0.2) is 0 Å². The number of carbonyl (C=O) groups excluding carboxylic acids is 1. The van der Waals surface area contributed by atoms with Gasteiger partial charge in [0.25, 0.3) is 0 Å². The van der Waals surface area contributed by atoms with Crippen molar-refractivity contribution in [3.8, 4) is 6.07 Å². The van der Waals surface area contributed by atoms with E-state index < -0.39 is 0 Å². The molecular formula is C14H11BrN2O2. The second-order valence-corrected chi connectivity index (χ2v) is 5.16. The Balaban J connectivity index is 2.40. The molecule has 0 amide bonds. The summed E-state index contributed by atoms with van der Waals surface area (Å²) in [4.78, 5) is 12.4. The summed E-state index contributed by atoms with van der Waals surface area (Å²) in [6.07, 6.45) is 2.20. The summed E-state index contributed by atoms with van der Waals surface area (Å²) in [6, 6.07) is 8.42. The minimum atomic E-state index is -0.191. The SMILES string of the molecule is N#Cc1ccc(C(=O)C2=C(Br)CCC/C2=N\O)cc1. The Bertz CT molecular complexity index is 609. The van der Waals surface area contributed by atoms with E-state index in [-0.39, 0.29) is 5.78 Å². The Kier molecular flexibility index (Phi) is 4.13. The van der Waals surface area contributed by atoms with Crippen LogP contribution in [0.5, 0.6) is 0 Å². The van der Waals surface area contributed by atoms with Crippen molar-refractivity contribution in [2.45, 2.75) is 19.3 Å². The summed E-state index contributed by atoms with van der Waals surface area (Å²) in [5.74, 6) is -0.191. The van der Waals surface area contributed by atoms with E-state index in [0.717, 1.165) is 17.3 Å². The Labute approximate surface area is 119 Å². The van der Waals surface area contributed by atoms with Gasteiger partial charge in [0.05, 0.1) is 22.9 Å². The largest absolute Gasteiger partial charge is 0.411 e. The van der Waals surface area contributed by atoms with Crippen molar-refractivity contribution in [3.05, 3.63) is 45.4 Å². The van der Waals surface area contributed by atoms with Crippen molar-refractivity contribution >= 4 is 27.4 Å². The number of carbonyl (C=O) groups is 1. The second kappa shape index (κ2) is 5.81. The molecule has 1 aliphatic rings. The molecule has 96 valence electrons. The lowest BCUT2D eigenvalue weighted by molar-refractivity contribution is 0.103. The number of ketones is 1. The van der Waals surface area contributed by atoms with Crippen LogP contribution in [0.3, 0.4) is 0 Å². The van der Waals surface area contributed by atoms with Crippen molar-refractivity contribution in [1.82, 2.24) is 0 Å². The van der Waals surface area contributed by atoms with Crippen molar-refractivity contribution in [2.75, 3.05) is 0 Å². The third-order valence-electron chi connectivity index (χ3n) is 2.99. The van der Waals surface area contributed by atoms with Crippen LogP contribution < -0.4 is 0 Å². The lowest BCUT2D eigenvalue weighted by atomic mass is 9.91. The first-order chi connectivity index (χ1) is 9.17. The van der Waals surface area contributed by atoms with Gasteiger partial charge < -0.3 is 5.21 Å². The van der Waals surface area contributed by atoms with Crippen LogP contribution in [0, 0.1) is 11.3 Å². The van der Waals surface area contributed by atoms with Crippen LogP contribution in [0.2, 0.25) is 0 Å². The molecule has 1 aromatic carbocycles. The minimum absolute atomic E-state index is 0.191. The summed E-state index contributed by atoms with van der Waals surface area (Å²) in [5, 5.41) is 20.9. The minimum Gasteiger partial charge on any atom is -0.411 e. The van der Waals surface area contributed by atoms with Crippen LogP contribution >= 0.6 is 15.9 Å². The van der Waals surface area contributed by atoms with Crippen molar-refractivity contribution < 1.29 is 10.0 Å². The third kappa shape index (κ3) is 2.74. The fourth-order valence-electron chi connectivity index (χ4n) is 2.01. The van der Waals surface area contributed by atoms with E-state index in [1.54, 1.807) is 24.3 Å². The molecule has 0 saturated carbocycles. The number of oxime groups is 1. The van der Waals surface area contributed by atoms with Gasteiger partial charge in [-0.2, -0.15) is 5.26 Å². The predicted molar refractivity (Wildman–Crippen MR) is 74.5 cm³/mol. The molecular weight excluding hydrogens is 308 g/mol. The molecule has 0 radical (unpaired) electrons. The van der Waals surface area contributed by atoms with Crippen LogP contribution in [0.4, 0.5) is 0 Å². The lowest BCUT2D eigenvalue weighted by Gasteiger charge is -2.16. The van der Waals surface area contributed by atoms with Crippen LogP contribution in [-0.2, 0) is 0 Å². The molecule has 0 fully saturated rings. The Morgan fingerprint density at radius 3 is 2.58 bits per heavy atom. The number of hydrogen-bond acceptors (Lipinski definition) is 4. The zero-order valence-corrected chi connectivity index (χ0v) is 11.6. The first kappa shape index (κ1) is 13.5. The molecule has 1 N–H and O–H groups in total. The second-order valence-electron chi connectivity index (χ2n) is 4.20. The highest BCUT2D eigenvalue weighted by Gasteiger charge is 2.25. The topological polar surface area (TPSA) is 73.5 Å². The van der Waals surface area contributed by atoms with E-state index in [1.165, 1.54) is 0 Å². The molecule has 0 aromatic heterocycles. The van der Waals surface area contributed by atoms with Crippen molar-refractivity contribution in [3.63, 3.8) is 0 Å². The number of allylic oxidation sites excluding steroid dienone is 2. The lowest BCUT2D eigenvalue weighted by Crippen LogP contribution is -2.18. The molecule has 4 nitrogen and oxygen atoms in total. The Hall–Kier alpha value is -1.93. The van der Waals surface area contributed by atoms with Gasteiger partial charge >= 0.3 is 0 Å². The van der Waals surface area contributed by atoms with Crippen LogP contribution in [0.25, 0.3) is 0 Å². The Morgan fingerprint density at radius 2 is 2.00 bits per heavy atom. The van der Waals surface area contributed by atoms with Gasteiger partial charge in [-0.05, 0) is 43.5 Å². The molecule has 0 aliphatic heterocycles. The fourth-order valence-corrected chi connectivity index (χ4v) is 2.70. The van der Waals surface area contributed by atoms with Crippen LogP contribution in [0.15, 0.2) is 39.5 Å². The third-order valence-corrected chi connectivity index (χ3v) is 3.79. The van der Waals surface area contributed by atoms with E-state index in [9.17, 15) is 4.79 Å². The molecule has 1 aliphatic carbocycles. The van der Waals surface area contributed by atoms with Gasteiger partial charge in [0, 0.05) is 10.0 Å². The number of halogens is 1. The van der Waals surface area contributed by atoms with E-state index in [4.69, 9.17) is 10.5 Å². The zero-order valence-electron chi connectivity index (χ0n) is 10.1. The van der Waals surface area contributed by atoms with Gasteiger partial charge in [-0.15, -0.1) is 0 Å². The van der Waals surface area contributed by atoms with Gasteiger partial charge in [0.15, 0.2) is 5.78 Å². The average molecular weight is 319 g/mol. The molecule has 0 heterocycles. The standard InChI is InChI=1S/C14H11BrN2O2/c15-11-2-1-3-12(17-19)13(11)14(18)10-6-4-9(8-16)5-7-10/h4-7,19H,1-3H2/b17-12+. The van der Waals surface area contributed by atoms with Gasteiger partial charge in [0.1, 0.15) is 0 Å². The summed E-state index contributed by atoms with van der Waals surface area (Å²) < 4.78 is 0.765. The Morgan fingerprint density at radius 1 is 1.32 bits per heavy atom. The molecule has 2 rings (SSSR count). The van der Waals surface area contributed by atoms with Gasteiger partial charge in [0.2, 0.25) is 0 Å². The molecule has 0 bridgehead atoms. The van der Waals surface area contributed by atoms with E-state index >= 15 is 0 Å². The summed E-state index contributed by atoms with van der Waals surface area (Å²) >= 11 is 3.38. The first-order valence-corrected chi connectivity index (χ1v) is 6.61. The highest BCUT2D eigenvalue weighted by molar-refractivity contribution is 9.11. The van der Waals surface area contributed by atoms with E-state index in [0.29, 0.717) is 28.8 Å². The maximum absolute atomic E-state index is 12.4. The van der Waals surface area contributed by atoms with E-state index in [2.05, 4.69) is 21.1 Å². The quantitative estimate of drug-likeness (QED) is 0.516. The average Bonchev–Trinajstić information content (AvgIpc) is 2.46. The summed E-state index contributed by atoms with van der Waals surface area (Å²) in [5.41, 5.74) is 1.82. The van der Waals surface area contributed by atoms with E-state index in [1.807, 2.05) is 6.07 Å².